The Balaban J connectivity index is 1.76. The highest BCUT2D eigenvalue weighted by Gasteiger charge is 2.19. The standard InChI is InChI=1S/C25H34N6O4/c1-5-6-13-30-22-21(24(34)29-25(30)35)31(15-16(2)3)19(28-22)11-12-20(32)27-14-17-7-9-18(10-8-17)23(33)26-4/h7-10,16H,5-6,11-15H2,1-4H3,(H,26,33)(H,27,32)(H,29,34,35). The van der Waals surface area contributed by atoms with E-state index in [1.54, 1.807) is 31.3 Å². The van der Waals surface area contributed by atoms with Crippen molar-refractivity contribution in [2.45, 2.75) is 66.1 Å². The number of amides is 2. The van der Waals surface area contributed by atoms with Crippen molar-refractivity contribution in [3.05, 3.63) is 62.1 Å². The lowest BCUT2D eigenvalue weighted by atomic mass is 10.1. The van der Waals surface area contributed by atoms with Crippen molar-refractivity contribution in [3.63, 3.8) is 0 Å². The smallest absolute Gasteiger partial charge is 0.330 e. The summed E-state index contributed by atoms with van der Waals surface area (Å²) in [6.07, 6.45) is 2.22. The first-order valence-corrected chi connectivity index (χ1v) is 12.0. The van der Waals surface area contributed by atoms with Crippen LogP contribution in [0.15, 0.2) is 33.9 Å². The Morgan fingerprint density at radius 2 is 1.83 bits per heavy atom. The third kappa shape index (κ3) is 6.26. The third-order valence-corrected chi connectivity index (χ3v) is 5.76. The summed E-state index contributed by atoms with van der Waals surface area (Å²) in [5, 5.41) is 5.46. The minimum absolute atomic E-state index is 0.152. The highest BCUT2D eigenvalue weighted by atomic mass is 16.2. The van der Waals surface area contributed by atoms with Crippen LogP contribution in [0.1, 0.15) is 61.8 Å². The molecule has 35 heavy (non-hydrogen) atoms. The predicted molar refractivity (Wildman–Crippen MR) is 134 cm³/mol. The van der Waals surface area contributed by atoms with Gasteiger partial charge in [-0.3, -0.25) is 23.9 Å². The number of aromatic nitrogens is 4. The van der Waals surface area contributed by atoms with Crippen LogP contribution >= 0.6 is 0 Å². The van der Waals surface area contributed by atoms with Crippen LogP contribution in [-0.4, -0.2) is 38.0 Å². The van der Waals surface area contributed by atoms with Gasteiger partial charge in [-0.15, -0.1) is 0 Å². The van der Waals surface area contributed by atoms with Gasteiger partial charge in [-0.1, -0.05) is 39.3 Å². The minimum Gasteiger partial charge on any atom is -0.355 e. The highest BCUT2D eigenvalue weighted by Crippen LogP contribution is 2.16. The first kappa shape index (κ1) is 25.9. The lowest BCUT2D eigenvalue weighted by Gasteiger charge is -2.12. The fraction of sp³-hybridized carbons (Fsp3) is 0.480. The second-order valence-corrected chi connectivity index (χ2v) is 9.02. The Morgan fingerprint density at radius 3 is 2.46 bits per heavy atom. The number of rotatable bonds is 11. The maximum Gasteiger partial charge on any atom is 0.330 e. The molecule has 10 heteroatoms. The van der Waals surface area contributed by atoms with Crippen LogP contribution in [0, 0.1) is 5.92 Å². The molecule has 0 aliphatic heterocycles. The molecule has 188 valence electrons. The van der Waals surface area contributed by atoms with Crippen LogP contribution in [-0.2, 0) is 30.8 Å². The van der Waals surface area contributed by atoms with E-state index in [0.29, 0.717) is 48.6 Å². The second kappa shape index (κ2) is 11.6. The fourth-order valence-corrected chi connectivity index (χ4v) is 3.93. The molecule has 10 nitrogen and oxygen atoms in total. The number of hydrogen-bond acceptors (Lipinski definition) is 5. The van der Waals surface area contributed by atoms with Crippen molar-refractivity contribution in [1.82, 2.24) is 29.7 Å². The lowest BCUT2D eigenvalue weighted by Crippen LogP contribution is -2.31. The van der Waals surface area contributed by atoms with Crippen LogP contribution in [0.3, 0.4) is 0 Å². The summed E-state index contributed by atoms with van der Waals surface area (Å²) in [5.41, 5.74) is 1.27. The molecule has 2 amide bonds. The largest absolute Gasteiger partial charge is 0.355 e. The number of carbonyl (C=O) groups is 2. The number of benzene rings is 1. The lowest BCUT2D eigenvalue weighted by molar-refractivity contribution is -0.121. The van der Waals surface area contributed by atoms with Gasteiger partial charge in [0, 0.05) is 45.1 Å². The molecule has 0 unspecified atom stereocenters. The van der Waals surface area contributed by atoms with Gasteiger partial charge in [0.1, 0.15) is 5.82 Å². The monoisotopic (exact) mass is 482 g/mol. The maximum absolute atomic E-state index is 12.7. The Kier molecular flexibility index (Phi) is 8.62. The number of carbonyl (C=O) groups excluding carboxylic acids is 2. The van der Waals surface area contributed by atoms with Crippen LogP contribution < -0.4 is 21.9 Å². The highest BCUT2D eigenvalue weighted by molar-refractivity contribution is 5.93. The molecule has 1 aromatic carbocycles. The van der Waals surface area contributed by atoms with Crippen molar-refractivity contribution in [1.29, 1.82) is 0 Å². The molecule has 0 bridgehead atoms. The van der Waals surface area contributed by atoms with Crippen molar-refractivity contribution in [2.75, 3.05) is 7.05 Å². The zero-order chi connectivity index (χ0) is 25.5. The zero-order valence-corrected chi connectivity index (χ0v) is 20.8. The Morgan fingerprint density at radius 1 is 1.11 bits per heavy atom. The molecular formula is C25H34N6O4. The van der Waals surface area contributed by atoms with Crippen LogP contribution in [0.4, 0.5) is 0 Å². The summed E-state index contributed by atoms with van der Waals surface area (Å²) in [6, 6.07) is 7.03. The van der Waals surface area contributed by atoms with Crippen LogP contribution in [0.25, 0.3) is 11.2 Å². The number of unbranched alkanes of at least 4 members (excludes halogenated alkanes) is 1. The molecule has 2 aromatic heterocycles. The van der Waals surface area contributed by atoms with Gasteiger partial charge in [-0.05, 0) is 30.0 Å². The number of aryl methyl sites for hydroxylation is 2. The number of nitrogens with zero attached hydrogens (tertiary/aromatic N) is 3. The van der Waals surface area contributed by atoms with E-state index in [1.807, 2.05) is 25.3 Å². The van der Waals surface area contributed by atoms with E-state index in [9.17, 15) is 19.2 Å². The zero-order valence-electron chi connectivity index (χ0n) is 20.8. The van der Waals surface area contributed by atoms with E-state index < -0.39 is 11.2 Å². The molecule has 2 heterocycles. The van der Waals surface area contributed by atoms with Crippen molar-refractivity contribution in [3.8, 4) is 0 Å². The molecule has 0 saturated carbocycles. The number of nitrogens with one attached hydrogen (secondary N) is 3. The molecule has 0 aliphatic rings. The Labute approximate surface area is 203 Å². The molecule has 0 saturated heterocycles. The number of imidazole rings is 1. The summed E-state index contributed by atoms with van der Waals surface area (Å²) < 4.78 is 3.36. The summed E-state index contributed by atoms with van der Waals surface area (Å²) in [4.78, 5) is 56.4. The van der Waals surface area contributed by atoms with Crippen LogP contribution in [0.2, 0.25) is 0 Å². The Bertz CT molecular complexity index is 1300. The fourth-order valence-electron chi connectivity index (χ4n) is 3.93. The quantitative estimate of drug-likeness (QED) is 0.384. The normalized spacial score (nSPS) is 11.2. The van der Waals surface area contributed by atoms with Crippen molar-refractivity contribution >= 4 is 23.0 Å². The van der Waals surface area contributed by atoms with Gasteiger partial charge in [0.2, 0.25) is 5.91 Å². The van der Waals surface area contributed by atoms with Gasteiger partial charge in [0.15, 0.2) is 11.2 Å². The molecule has 3 rings (SSSR count). The minimum atomic E-state index is -0.461. The van der Waals surface area contributed by atoms with E-state index in [2.05, 4.69) is 20.6 Å². The number of fused-ring (bicyclic) bond motifs is 1. The second-order valence-electron chi connectivity index (χ2n) is 9.02. The van der Waals surface area contributed by atoms with E-state index >= 15 is 0 Å². The van der Waals surface area contributed by atoms with Gasteiger partial charge < -0.3 is 15.2 Å². The van der Waals surface area contributed by atoms with Gasteiger partial charge in [0.05, 0.1) is 0 Å². The van der Waals surface area contributed by atoms with Crippen molar-refractivity contribution < 1.29 is 9.59 Å². The summed E-state index contributed by atoms with van der Waals surface area (Å²) in [5.74, 6) is 0.540. The third-order valence-electron chi connectivity index (χ3n) is 5.76. The summed E-state index contributed by atoms with van der Waals surface area (Å²) >= 11 is 0. The van der Waals surface area contributed by atoms with Gasteiger partial charge >= 0.3 is 5.69 Å². The molecular weight excluding hydrogens is 448 g/mol. The van der Waals surface area contributed by atoms with E-state index in [0.717, 1.165) is 18.4 Å². The van der Waals surface area contributed by atoms with E-state index in [4.69, 9.17) is 0 Å². The summed E-state index contributed by atoms with van der Waals surface area (Å²) in [7, 11) is 1.58. The molecule has 0 fully saturated rings. The van der Waals surface area contributed by atoms with E-state index in [1.165, 1.54) is 4.57 Å². The molecule has 0 aliphatic carbocycles. The average Bonchev–Trinajstić information content (AvgIpc) is 3.18. The van der Waals surface area contributed by atoms with Gasteiger partial charge in [-0.25, -0.2) is 9.78 Å². The van der Waals surface area contributed by atoms with E-state index in [-0.39, 0.29) is 24.2 Å². The molecule has 3 N–H and O–H groups in total. The molecule has 0 atom stereocenters. The van der Waals surface area contributed by atoms with Crippen LogP contribution in [0.5, 0.6) is 0 Å². The summed E-state index contributed by atoms with van der Waals surface area (Å²) in [6.45, 7) is 7.48. The molecule has 0 spiro atoms. The number of aromatic amines is 1. The topological polar surface area (TPSA) is 131 Å². The van der Waals surface area contributed by atoms with Gasteiger partial charge in [0.25, 0.3) is 11.5 Å². The average molecular weight is 483 g/mol. The van der Waals surface area contributed by atoms with Gasteiger partial charge in [-0.2, -0.15) is 0 Å². The number of hydrogen-bond donors (Lipinski definition) is 3. The van der Waals surface area contributed by atoms with Crippen molar-refractivity contribution in [2.24, 2.45) is 5.92 Å². The SMILES string of the molecule is CCCCn1c(=O)[nH]c(=O)c2c1nc(CCC(=O)NCc1ccc(C(=O)NC)cc1)n2CC(C)C. The maximum atomic E-state index is 12.7. The predicted octanol–water partition coefficient (Wildman–Crippen LogP) is 1.95. The first-order chi connectivity index (χ1) is 16.7. The first-order valence-electron chi connectivity index (χ1n) is 12.0. The molecule has 3 aromatic rings. The molecule has 0 radical (unpaired) electrons. The number of H-pyrrole nitrogens is 1. The Hall–Kier alpha value is -3.69.